The molecule has 2 fully saturated rings. The van der Waals surface area contributed by atoms with Gasteiger partial charge in [-0.3, -0.25) is 0 Å². The van der Waals surface area contributed by atoms with Crippen LogP contribution in [0, 0.1) is 11.8 Å². The summed E-state index contributed by atoms with van der Waals surface area (Å²) in [6, 6.07) is 0.826. The summed E-state index contributed by atoms with van der Waals surface area (Å²) in [5.41, 5.74) is 0. The zero-order chi connectivity index (χ0) is 10.7. The van der Waals surface area contributed by atoms with Gasteiger partial charge in [0.2, 0.25) is 0 Å². The van der Waals surface area contributed by atoms with Gasteiger partial charge in [0.1, 0.15) is 0 Å². The van der Waals surface area contributed by atoms with Gasteiger partial charge in [0.25, 0.3) is 0 Å². The van der Waals surface area contributed by atoms with Gasteiger partial charge in [0, 0.05) is 6.04 Å². The average molecular weight is 210 g/mol. The Labute approximate surface area is 94.4 Å². The molecule has 2 saturated heterocycles. The van der Waals surface area contributed by atoms with Gasteiger partial charge in [-0.05, 0) is 70.6 Å². The van der Waals surface area contributed by atoms with E-state index < -0.39 is 0 Å². The first-order valence-electron chi connectivity index (χ1n) is 6.72. The normalized spacial score (nSPS) is 34.8. The minimum absolute atomic E-state index is 0.826. The molecule has 0 aliphatic carbocycles. The molecule has 0 aromatic carbocycles. The van der Waals surface area contributed by atoms with Crippen LogP contribution >= 0.6 is 0 Å². The molecule has 0 amide bonds. The molecule has 2 unspecified atom stereocenters. The Morgan fingerprint density at radius 1 is 1.13 bits per heavy atom. The number of hydrogen-bond acceptors (Lipinski definition) is 2. The second kappa shape index (κ2) is 5.31. The standard InChI is InChI=1S/C13H26N2/c1-11-5-9-15(12(11)2)10-6-13-3-7-14-8-4-13/h11-14H,3-10H2,1-2H3. The van der Waals surface area contributed by atoms with Crippen molar-refractivity contribution in [3.8, 4) is 0 Å². The van der Waals surface area contributed by atoms with Crippen LogP contribution in [0.3, 0.4) is 0 Å². The number of nitrogens with one attached hydrogen (secondary N) is 1. The minimum atomic E-state index is 0.826. The van der Waals surface area contributed by atoms with Gasteiger partial charge in [-0.1, -0.05) is 6.92 Å². The van der Waals surface area contributed by atoms with Gasteiger partial charge in [0.15, 0.2) is 0 Å². The molecule has 1 N–H and O–H groups in total. The molecule has 2 aliphatic heterocycles. The fourth-order valence-corrected chi connectivity index (χ4v) is 3.01. The van der Waals surface area contributed by atoms with E-state index in [-0.39, 0.29) is 0 Å². The maximum absolute atomic E-state index is 3.44. The molecule has 0 aromatic heterocycles. The van der Waals surface area contributed by atoms with E-state index in [0.717, 1.165) is 17.9 Å². The highest BCUT2D eigenvalue weighted by atomic mass is 15.2. The summed E-state index contributed by atoms with van der Waals surface area (Å²) in [5.74, 6) is 1.91. The van der Waals surface area contributed by atoms with Crippen molar-refractivity contribution in [1.82, 2.24) is 10.2 Å². The van der Waals surface area contributed by atoms with Crippen LogP contribution in [0.15, 0.2) is 0 Å². The highest BCUT2D eigenvalue weighted by Crippen LogP contribution is 2.25. The van der Waals surface area contributed by atoms with E-state index in [0.29, 0.717) is 0 Å². The highest BCUT2D eigenvalue weighted by molar-refractivity contribution is 4.82. The van der Waals surface area contributed by atoms with E-state index in [9.17, 15) is 0 Å². The molecule has 0 spiro atoms. The molecule has 0 saturated carbocycles. The Balaban J connectivity index is 1.68. The van der Waals surface area contributed by atoms with Crippen LogP contribution in [0.5, 0.6) is 0 Å². The lowest BCUT2D eigenvalue weighted by molar-refractivity contribution is 0.216. The SMILES string of the molecule is CC1CCN(CCC2CCNCC2)C1C. The third-order valence-corrected chi connectivity index (χ3v) is 4.55. The zero-order valence-corrected chi connectivity index (χ0v) is 10.3. The summed E-state index contributed by atoms with van der Waals surface area (Å²) in [6.07, 6.45) is 5.64. The van der Waals surface area contributed by atoms with Crippen molar-refractivity contribution in [2.24, 2.45) is 11.8 Å². The maximum atomic E-state index is 3.44. The molecular formula is C13H26N2. The Hall–Kier alpha value is -0.0800. The van der Waals surface area contributed by atoms with Gasteiger partial charge >= 0.3 is 0 Å². The van der Waals surface area contributed by atoms with Crippen molar-refractivity contribution in [2.45, 2.75) is 45.6 Å². The number of rotatable bonds is 3. The van der Waals surface area contributed by atoms with Gasteiger partial charge in [-0.25, -0.2) is 0 Å². The van der Waals surface area contributed by atoms with E-state index in [1.54, 1.807) is 0 Å². The molecule has 2 atom stereocenters. The average Bonchev–Trinajstić information content (AvgIpc) is 2.59. The van der Waals surface area contributed by atoms with Crippen molar-refractivity contribution in [1.29, 1.82) is 0 Å². The van der Waals surface area contributed by atoms with E-state index in [1.165, 1.54) is 51.9 Å². The first kappa shape index (κ1) is 11.4. The van der Waals surface area contributed by atoms with Crippen molar-refractivity contribution < 1.29 is 0 Å². The highest BCUT2D eigenvalue weighted by Gasteiger charge is 2.27. The van der Waals surface area contributed by atoms with Crippen LogP contribution in [0.4, 0.5) is 0 Å². The van der Waals surface area contributed by atoms with Crippen LogP contribution < -0.4 is 5.32 Å². The van der Waals surface area contributed by atoms with E-state index in [4.69, 9.17) is 0 Å². The van der Waals surface area contributed by atoms with Crippen LogP contribution in [0.1, 0.15) is 39.5 Å². The monoisotopic (exact) mass is 210 g/mol. The van der Waals surface area contributed by atoms with Gasteiger partial charge in [0.05, 0.1) is 0 Å². The fourth-order valence-electron chi connectivity index (χ4n) is 3.01. The first-order valence-corrected chi connectivity index (χ1v) is 6.72. The third-order valence-electron chi connectivity index (χ3n) is 4.55. The fraction of sp³-hybridized carbons (Fsp3) is 1.00. The van der Waals surface area contributed by atoms with E-state index in [1.807, 2.05) is 0 Å². The Bertz CT molecular complexity index is 187. The lowest BCUT2D eigenvalue weighted by Gasteiger charge is -2.27. The predicted molar refractivity (Wildman–Crippen MR) is 65.0 cm³/mol. The first-order chi connectivity index (χ1) is 7.27. The molecule has 0 bridgehead atoms. The Morgan fingerprint density at radius 2 is 1.87 bits per heavy atom. The summed E-state index contributed by atoms with van der Waals surface area (Å²) in [4.78, 5) is 2.70. The predicted octanol–water partition coefficient (Wildman–Crippen LogP) is 2.11. The molecule has 0 aromatic rings. The second-order valence-electron chi connectivity index (χ2n) is 5.52. The van der Waals surface area contributed by atoms with Crippen LogP contribution in [-0.4, -0.2) is 37.1 Å². The van der Waals surface area contributed by atoms with Crippen molar-refractivity contribution in [3.63, 3.8) is 0 Å². The molecule has 88 valence electrons. The Kier molecular flexibility index (Phi) is 4.04. The number of likely N-dealkylation sites (tertiary alicyclic amines) is 1. The van der Waals surface area contributed by atoms with Crippen LogP contribution in [-0.2, 0) is 0 Å². The largest absolute Gasteiger partial charge is 0.317 e. The van der Waals surface area contributed by atoms with E-state index in [2.05, 4.69) is 24.1 Å². The molecule has 0 radical (unpaired) electrons. The lowest BCUT2D eigenvalue weighted by Crippen LogP contribution is -2.33. The van der Waals surface area contributed by atoms with Crippen LogP contribution in [0.25, 0.3) is 0 Å². The smallest absolute Gasteiger partial charge is 0.00930 e. The minimum Gasteiger partial charge on any atom is -0.317 e. The topological polar surface area (TPSA) is 15.3 Å². The quantitative estimate of drug-likeness (QED) is 0.767. The molecule has 2 rings (SSSR count). The molecule has 2 heterocycles. The summed E-state index contributed by atoms with van der Waals surface area (Å²) >= 11 is 0. The number of piperidine rings is 1. The molecule has 2 heteroatoms. The van der Waals surface area contributed by atoms with Crippen molar-refractivity contribution in [2.75, 3.05) is 26.2 Å². The van der Waals surface area contributed by atoms with Crippen LogP contribution in [0.2, 0.25) is 0 Å². The maximum Gasteiger partial charge on any atom is 0.00930 e. The zero-order valence-electron chi connectivity index (χ0n) is 10.3. The molecule has 2 nitrogen and oxygen atoms in total. The van der Waals surface area contributed by atoms with Crippen molar-refractivity contribution >= 4 is 0 Å². The molecule has 2 aliphatic rings. The van der Waals surface area contributed by atoms with Gasteiger partial charge < -0.3 is 10.2 Å². The van der Waals surface area contributed by atoms with Gasteiger partial charge in [-0.2, -0.15) is 0 Å². The summed E-state index contributed by atoms with van der Waals surface area (Å²) in [7, 11) is 0. The van der Waals surface area contributed by atoms with E-state index >= 15 is 0 Å². The molecule has 15 heavy (non-hydrogen) atoms. The Morgan fingerprint density at radius 3 is 2.47 bits per heavy atom. The number of hydrogen-bond donors (Lipinski definition) is 1. The number of nitrogens with zero attached hydrogens (tertiary/aromatic N) is 1. The summed E-state index contributed by atoms with van der Waals surface area (Å²) in [5, 5.41) is 3.44. The second-order valence-corrected chi connectivity index (χ2v) is 5.52. The summed E-state index contributed by atoms with van der Waals surface area (Å²) in [6.45, 7) is 9.98. The summed E-state index contributed by atoms with van der Waals surface area (Å²) < 4.78 is 0. The van der Waals surface area contributed by atoms with Gasteiger partial charge in [-0.15, -0.1) is 0 Å². The van der Waals surface area contributed by atoms with Crippen molar-refractivity contribution in [3.05, 3.63) is 0 Å². The molecular weight excluding hydrogens is 184 g/mol. The third kappa shape index (κ3) is 2.94. The lowest BCUT2D eigenvalue weighted by atomic mass is 9.94.